The molecule has 0 spiro atoms. The van der Waals surface area contributed by atoms with Crippen LogP contribution in [0.3, 0.4) is 0 Å². The Bertz CT molecular complexity index is 323. The lowest BCUT2D eigenvalue weighted by atomic mass is 10.1. The zero-order chi connectivity index (χ0) is 10.8. The molecular formula is C11H20N4. The summed E-state index contributed by atoms with van der Waals surface area (Å²) in [5.74, 6) is 2.69. The van der Waals surface area contributed by atoms with Gasteiger partial charge in [-0.25, -0.2) is 0 Å². The van der Waals surface area contributed by atoms with Gasteiger partial charge in [0.15, 0.2) is 0 Å². The molecule has 1 saturated carbocycles. The van der Waals surface area contributed by atoms with Crippen LogP contribution in [0.25, 0.3) is 0 Å². The topological polar surface area (TPSA) is 56.7 Å². The lowest BCUT2D eigenvalue weighted by Gasteiger charge is -2.16. The van der Waals surface area contributed by atoms with Gasteiger partial charge in [0.25, 0.3) is 0 Å². The first-order valence-corrected chi connectivity index (χ1v) is 5.87. The highest BCUT2D eigenvalue weighted by Crippen LogP contribution is 2.34. The zero-order valence-corrected chi connectivity index (χ0v) is 9.61. The average molecular weight is 208 g/mol. The summed E-state index contributed by atoms with van der Waals surface area (Å²) in [5, 5.41) is 8.51. The summed E-state index contributed by atoms with van der Waals surface area (Å²) in [5.41, 5.74) is 5.68. The molecule has 4 nitrogen and oxygen atoms in total. The van der Waals surface area contributed by atoms with E-state index in [9.17, 15) is 0 Å². The number of aromatic nitrogens is 3. The lowest BCUT2D eigenvalue weighted by molar-refractivity contribution is 0.511. The second kappa shape index (κ2) is 4.31. The molecule has 0 amide bonds. The molecule has 1 aliphatic rings. The lowest BCUT2D eigenvalue weighted by Crippen LogP contribution is -2.14. The quantitative estimate of drug-likeness (QED) is 0.826. The summed E-state index contributed by atoms with van der Waals surface area (Å²) < 4.78 is 2.22. The SMILES string of the molecule is CC(C)n1c(CN)nnc1C1CCCC1. The second-order valence-electron chi connectivity index (χ2n) is 4.62. The monoisotopic (exact) mass is 208 g/mol. The van der Waals surface area contributed by atoms with E-state index in [4.69, 9.17) is 5.73 Å². The van der Waals surface area contributed by atoms with Crippen molar-refractivity contribution in [2.24, 2.45) is 5.73 Å². The third kappa shape index (κ3) is 1.91. The van der Waals surface area contributed by atoms with Crippen LogP contribution in [-0.2, 0) is 6.54 Å². The summed E-state index contributed by atoms with van der Waals surface area (Å²) in [4.78, 5) is 0. The number of hydrogen-bond acceptors (Lipinski definition) is 3. The first-order chi connectivity index (χ1) is 7.24. The molecule has 0 atom stereocenters. The van der Waals surface area contributed by atoms with Crippen LogP contribution in [0, 0.1) is 0 Å². The molecule has 0 saturated heterocycles. The number of nitrogens with two attached hydrogens (primary N) is 1. The summed E-state index contributed by atoms with van der Waals surface area (Å²) >= 11 is 0. The van der Waals surface area contributed by atoms with Crippen LogP contribution in [0.5, 0.6) is 0 Å². The van der Waals surface area contributed by atoms with Crippen LogP contribution >= 0.6 is 0 Å². The molecule has 1 heterocycles. The van der Waals surface area contributed by atoms with Gasteiger partial charge in [0.1, 0.15) is 11.6 Å². The van der Waals surface area contributed by atoms with Crippen molar-refractivity contribution >= 4 is 0 Å². The molecule has 4 heteroatoms. The smallest absolute Gasteiger partial charge is 0.147 e. The van der Waals surface area contributed by atoms with Gasteiger partial charge in [0.2, 0.25) is 0 Å². The van der Waals surface area contributed by atoms with Gasteiger partial charge in [0, 0.05) is 12.0 Å². The zero-order valence-electron chi connectivity index (χ0n) is 9.61. The number of hydrogen-bond donors (Lipinski definition) is 1. The molecule has 2 N–H and O–H groups in total. The van der Waals surface area contributed by atoms with E-state index in [0.717, 1.165) is 11.6 Å². The van der Waals surface area contributed by atoms with E-state index in [1.807, 2.05) is 0 Å². The summed E-state index contributed by atoms with van der Waals surface area (Å²) in [6.07, 6.45) is 5.17. The Hall–Kier alpha value is -0.900. The van der Waals surface area contributed by atoms with Gasteiger partial charge in [-0.05, 0) is 26.7 Å². The predicted octanol–water partition coefficient (Wildman–Crippen LogP) is 1.98. The minimum absolute atomic E-state index is 0.411. The van der Waals surface area contributed by atoms with Gasteiger partial charge in [0.05, 0.1) is 6.54 Å². The van der Waals surface area contributed by atoms with E-state index >= 15 is 0 Å². The minimum atomic E-state index is 0.411. The molecule has 1 aromatic heterocycles. The van der Waals surface area contributed by atoms with E-state index in [1.165, 1.54) is 25.7 Å². The van der Waals surface area contributed by atoms with Crippen LogP contribution < -0.4 is 5.73 Å². The van der Waals surface area contributed by atoms with Crippen molar-refractivity contribution in [2.45, 2.75) is 58.0 Å². The first kappa shape index (κ1) is 10.6. The van der Waals surface area contributed by atoms with E-state index in [1.54, 1.807) is 0 Å². The van der Waals surface area contributed by atoms with Gasteiger partial charge < -0.3 is 10.3 Å². The molecule has 0 radical (unpaired) electrons. The van der Waals surface area contributed by atoms with Crippen molar-refractivity contribution in [2.75, 3.05) is 0 Å². The van der Waals surface area contributed by atoms with Crippen molar-refractivity contribution in [3.8, 4) is 0 Å². The average Bonchev–Trinajstić information content (AvgIpc) is 2.85. The van der Waals surface area contributed by atoms with Crippen LogP contribution in [0.2, 0.25) is 0 Å². The molecule has 0 unspecified atom stereocenters. The summed E-state index contributed by atoms with van der Waals surface area (Å²) in [6, 6.07) is 0.411. The van der Waals surface area contributed by atoms with Crippen molar-refractivity contribution < 1.29 is 0 Å². The molecule has 1 aliphatic carbocycles. The first-order valence-electron chi connectivity index (χ1n) is 5.87. The third-order valence-corrected chi connectivity index (χ3v) is 3.21. The highest BCUT2D eigenvalue weighted by molar-refractivity contribution is 5.05. The van der Waals surface area contributed by atoms with Crippen molar-refractivity contribution in [3.63, 3.8) is 0 Å². The van der Waals surface area contributed by atoms with Crippen LogP contribution in [0.4, 0.5) is 0 Å². The Balaban J connectivity index is 2.33. The van der Waals surface area contributed by atoms with Gasteiger partial charge >= 0.3 is 0 Å². The Labute approximate surface area is 90.9 Å². The normalized spacial score (nSPS) is 17.9. The fraction of sp³-hybridized carbons (Fsp3) is 0.818. The fourth-order valence-electron chi connectivity index (χ4n) is 2.50. The molecule has 1 fully saturated rings. The minimum Gasteiger partial charge on any atom is -0.324 e. The summed E-state index contributed by atoms with van der Waals surface area (Å²) in [6.45, 7) is 4.82. The van der Waals surface area contributed by atoms with Crippen molar-refractivity contribution in [3.05, 3.63) is 11.6 Å². The molecule has 0 aromatic carbocycles. The van der Waals surface area contributed by atoms with Gasteiger partial charge in [-0.15, -0.1) is 10.2 Å². The van der Waals surface area contributed by atoms with E-state index in [2.05, 4.69) is 28.6 Å². The number of nitrogens with zero attached hydrogens (tertiary/aromatic N) is 3. The molecule has 0 bridgehead atoms. The van der Waals surface area contributed by atoms with Crippen LogP contribution in [0.15, 0.2) is 0 Å². The van der Waals surface area contributed by atoms with E-state index in [-0.39, 0.29) is 0 Å². The predicted molar refractivity (Wildman–Crippen MR) is 59.5 cm³/mol. The summed E-state index contributed by atoms with van der Waals surface area (Å²) in [7, 11) is 0. The molecule has 1 aromatic rings. The van der Waals surface area contributed by atoms with Crippen molar-refractivity contribution in [1.82, 2.24) is 14.8 Å². The maximum absolute atomic E-state index is 5.68. The maximum Gasteiger partial charge on any atom is 0.147 e. The molecule has 0 aliphatic heterocycles. The molecule has 2 rings (SSSR count). The standard InChI is InChI=1S/C11H20N4/c1-8(2)15-10(7-12)13-14-11(15)9-5-3-4-6-9/h8-9H,3-7,12H2,1-2H3. The van der Waals surface area contributed by atoms with Crippen LogP contribution in [0.1, 0.15) is 63.1 Å². The highest BCUT2D eigenvalue weighted by Gasteiger charge is 2.24. The van der Waals surface area contributed by atoms with E-state index in [0.29, 0.717) is 18.5 Å². The number of rotatable bonds is 3. The Morgan fingerprint density at radius 2 is 2.00 bits per heavy atom. The Kier molecular flexibility index (Phi) is 3.05. The second-order valence-corrected chi connectivity index (χ2v) is 4.62. The Morgan fingerprint density at radius 3 is 2.53 bits per heavy atom. The third-order valence-electron chi connectivity index (χ3n) is 3.21. The Morgan fingerprint density at radius 1 is 1.33 bits per heavy atom. The maximum atomic E-state index is 5.68. The van der Waals surface area contributed by atoms with E-state index < -0.39 is 0 Å². The van der Waals surface area contributed by atoms with Gasteiger partial charge in [-0.2, -0.15) is 0 Å². The van der Waals surface area contributed by atoms with Gasteiger partial charge in [-0.1, -0.05) is 12.8 Å². The van der Waals surface area contributed by atoms with Crippen LogP contribution in [-0.4, -0.2) is 14.8 Å². The molecular weight excluding hydrogens is 188 g/mol. The largest absolute Gasteiger partial charge is 0.324 e. The molecule has 15 heavy (non-hydrogen) atoms. The molecule has 84 valence electrons. The highest BCUT2D eigenvalue weighted by atomic mass is 15.3. The van der Waals surface area contributed by atoms with Crippen molar-refractivity contribution in [1.29, 1.82) is 0 Å². The fourth-order valence-corrected chi connectivity index (χ4v) is 2.50. The van der Waals surface area contributed by atoms with Gasteiger partial charge in [-0.3, -0.25) is 0 Å².